The second-order valence-corrected chi connectivity index (χ2v) is 4.34. The van der Waals surface area contributed by atoms with Crippen molar-refractivity contribution in [3.8, 4) is 5.75 Å². The van der Waals surface area contributed by atoms with Crippen LogP contribution in [-0.4, -0.2) is 22.4 Å². The van der Waals surface area contributed by atoms with Crippen LogP contribution in [0.25, 0.3) is 11.0 Å². The predicted molar refractivity (Wildman–Crippen MR) is 72.6 cm³/mol. The molecule has 0 fully saturated rings. The lowest BCUT2D eigenvalue weighted by Gasteiger charge is -2.06. The average Bonchev–Trinajstić information content (AvgIpc) is 2.90. The number of fused-ring (bicyclic) bond motifs is 1. The fourth-order valence-corrected chi connectivity index (χ4v) is 2.11. The number of alkyl halides is 2. The largest absolute Gasteiger partial charge is 0.435 e. The zero-order chi connectivity index (χ0) is 14.8. The Bertz CT molecular complexity index is 799. The molecular formula is C15H10F2N2O2. The number of nitrogens with one attached hydrogen (secondary N) is 1. The lowest BCUT2D eigenvalue weighted by atomic mass is 10.0. The summed E-state index contributed by atoms with van der Waals surface area (Å²) in [7, 11) is 0. The first-order valence-corrected chi connectivity index (χ1v) is 6.17. The SMILES string of the molecule is O=C(c1cccc(OC(F)F)c1)c1c[nH]c2ncccc12. The van der Waals surface area contributed by atoms with Crippen LogP contribution in [0.3, 0.4) is 0 Å². The van der Waals surface area contributed by atoms with Crippen LogP contribution in [0.5, 0.6) is 5.75 Å². The van der Waals surface area contributed by atoms with Gasteiger partial charge >= 0.3 is 6.61 Å². The summed E-state index contributed by atoms with van der Waals surface area (Å²) in [6.07, 6.45) is 3.17. The molecule has 0 saturated carbocycles. The van der Waals surface area contributed by atoms with Crippen LogP contribution in [0.4, 0.5) is 8.78 Å². The third kappa shape index (κ3) is 2.60. The first kappa shape index (κ1) is 13.2. The molecule has 0 spiro atoms. The van der Waals surface area contributed by atoms with E-state index in [1.807, 2.05) is 0 Å². The van der Waals surface area contributed by atoms with E-state index in [0.29, 0.717) is 16.6 Å². The zero-order valence-electron chi connectivity index (χ0n) is 10.7. The van der Waals surface area contributed by atoms with Gasteiger partial charge in [-0.1, -0.05) is 12.1 Å². The van der Waals surface area contributed by atoms with Gasteiger partial charge in [0.1, 0.15) is 11.4 Å². The van der Waals surface area contributed by atoms with Gasteiger partial charge in [-0.2, -0.15) is 8.78 Å². The molecule has 3 rings (SSSR count). The minimum atomic E-state index is -2.92. The number of aromatic nitrogens is 2. The summed E-state index contributed by atoms with van der Waals surface area (Å²) in [5.41, 5.74) is 1.31. The Morgan fingerprint density at radius 3 is 2.90 bits per heavy atom. The van der Waals surface area contributed by atoms with E-state index in [1.54, 1.807) is 30.6 Å². The number of aromatic amines is 1. The van der Waals surface area contributed by atoms with E-state index >= 15 is 0 Å². The number of rotatable bonds is 4. The predicted octanol–water partition coefficient (Wildman–Crippen LogP) is 3.40. The molecule has 2 heterocycles. The molecule has 6 heteroatoms. The topological polar surface area (TPSA) is 55.0 Å². The lowest BCUT2D eigenvalue weighted by Crippen LogP contribution is -2.04. The molecule has 1 aromatic carbocycles. The van der Waals surface area contributed by atoms with Crippen molar-refractivity contribution in [1.29, 1.82) is 0 Å². The molecule has 106 valence electrons. The number of pyridine rings is 1. The zero-order valence-corrected chi connectivity index (χ0v) is 10.7. The van der Waals surface area contributed by atoms with Crippen molar-refractivity contribution in [2.24, 2.45) is 0 Å². The van der Waals surface area contributed by atoms with Gasteiger partial charge in [-0.15, -0.1) is 0 Å². The summed E-state index contributed by atoms with van der Waals surface area (Å²) in [6.45, 7) is -2.92. The molecule has 0 saturated heterocycles. The summed E-state index contributed by atoms with van der Waals surface area (Å²) in [5.74, 6) is -0.331. The number of H-pyrrole nitrogens is 1. The van der Waals surface area contributed by atoms with Crippen molar-refractivity contribution in [1.82, 2.24) is 9.97 Å². The Kier molecular flexibility index (Phi) is 3.35. The second kappa shape index (κ2) is 5.32. The van der Waals surface area contributed by atoms with Crippen molar-refractivity contribution in [3.63, 3.8) is 0 Å². The van der Waals surface area contributed by atoms with Crippen molar-refractivity contribution in [3.05, 3.63) is 59.9 Å². The summed E-state index contributed by atoms with van der Waals surface area (Å²) in [4.78, 5) is 19.5. The number of ether oxygens (including phenoxy) is 1. The highest BCUT2D eigenvalue weighted by Crippen LogP contribution is 2.22. The quantitative estimate of drug-likeness (QED) is 0.749. The van der Waals surface area contributed by atoms with Crippen LogP contribution in [-0.2, 0) is 0 Å². The summed E-state index contributed by atoms with van der Waals surface area (Å²) < 4.78 is 28.7. The number of halogens is 2. The van der Waals surface area contributed by atoms with E-state index in [1.165, 1.54) is 18.2 Å². The molecule has 0 aliphatic carbocycles. The summed E-state index contributed by atoms with van der Waals surface area (Å²) in [6, 6.07) is 9.21. The minimum Gasteiger partial charge on any atom is -0.435 e. The highest BCUT2D eigenvalue weighted by molar-refractivity contribution is 6.16. The first-order valence-electron chi connectivity index (χ1n) is 6.17. The van der Waals surface area contributed by atoms with Gasteiger partial charge in [0, 0.05) is 28.9 Å². The molecule has 4 nitrogen and oxygen atoms in total. The number of hydrogen-bond acceptors (Lipinski definition) is 3. The maximum atomic E-state index is 12.5. The molecule has 2 aromatic heterocycles. The van der Waals surface area contributed by atoms with E-state index < -0.39 is 6.61 Å². The average molecular weight is 288 g/mol. The molecule has 0 atom stereocenters. The Labute approximate surface area is 118 Å². The third-order valence-corrected chi connectivity index (χ3v) is 3.02. The molecule has 0 unspecified atom stereocenters. The minimum absolute atomic E-state index is 0.0474. The highest BCUT2D eigenvalue weighted by Gasteiger charge is 2.15. The van der Waals surface area contributed by atoms with E-state index in [-0.39, 0.29) is 17.1 Å². The number of nitrogens with zero attached hydrogens (tertiary/aromatic N) is 1. The molecular weight excluding hydrogens is 278 g/mol. The van der Waals surface area contributed by atoms with E-state index in [4.69, 9.17) is 0 Å². The lowest BCUT2D eigenvalue weighted by molar-refractivity contribution is -0.0498. The number of carbonyl (C=O) groups excluding carboxylic acids is 1. The van der Waals surface area contributed by atoms with Gasteiger partial charge in [0.15, 0.2) is 5.78 Å². The summed E-state index contributed by atoms with van der Waals surface area (Å²) in [5, 5.41) is 0.683. The van der Waals surface area contributed by atoms with Crippen molar-refractivity contribution in [2.75, 3.05) is 0 Å². The van der Waals surface area contributed by atoms with Crippen LogP contribution >= 0.6 is 0 Å². The molecule has 0 bridgehead atoms. The van der Waals surface area contributed by atoms with Gasteiger partial charge in [0.05, 0.1) is 0 Å². The van der Waals surface area contributed by atoms with Crippen LogP contribution in [0, 0.1) is 0 Å². The fraction of sp³-hybridized carbons (Fsp3) is 0.0667. The monoisotopic (exact) mass is 288 g/mol. The van der Waals surface area contributed by atoms with Gasteiger partial charge in [-0.25, -0.2) is 4.98 Å². The third-order valence-electron chi connectivity index (χ3n) is 3.02. The van der Waals surface area contributed by atoms with Gasteiger partial charge < -0.3 is 9.72 Å². The normalized spacial score (nSPS) is 11.0. The molecule has 21 heavy (non-hydrogen) atoms. The van der Waals surface area contributed by atoms with Crippen molar-refractivity contribution < 1.29 is 18.3 Å². The van der Waals surface area contributed by atoms with Gasteiger partial charge in [-0.05, 0) is 24.3 Å². The Morgan fingerprint density at radius 2 is 2.10 bits per heavy atom. The van der Waals surface area contributed by atoms with Crippen LogP contribution < -0.4 is 4.74 Å². The fourth-order valence-electron chi connectivity index (χ4n) is 2.11. The Hall–Kier alpha value is -2.76. The molecule has 3 aromatic rings. The molecule has 0 aliphatic heterocycles. The number of benzene rings is 1. The van der Waals surface area contributed by atoms with Gasteiger partial charge in [0.25, 0.3) is 0 Å². The number of carbonyl (C=O) groups is 1. The molecule has 0 aliphatic rings. The van der Waals surface area contributed by atoms with E-state index in [9.17, 15) is 13.6 Å². The number of hydrogen-bond donors (Lipinski definition) is 1. The van der Waals surface area contributed by atoms with Crippen LogP contribution in [0.2, 0.25) is 0 Å². The van der Waals surface area contributed by atoms with Crippen LogP contribution in [0.15, 0.2) is 48.8 Å². The maximum Gasteiger partial charge on any atom is 0.387 e. The molecule has 0 amide bonds. The highest BCUT2D eigenvalue weighted by atomic mass is 19.3. The van der Waals surface area contributed by atoms with E-state index in [0.717, 1.165) is 0 Å². The van der Waals surface area contributed by atoms with Crippen LogP contribution in [0.1, 0.15) is 15.9 Å². The smallest absolute Gasteiger partial charge is 0.387 e. The molecule has 0 radical (unpaired) electrons. The Balaban J connectivity index is 1.98. The van der Waals surface area contributed by atoms with Gasteiger partial charge in [0.2, 0.25) is 0 Å². The first-order chi connectivity index (χ1) is 10.1. The van der Waals surface area contributed by atoms with Crippen molar-refractivity contribution in [2.45, 2.75) is 6.61 Å². The Morgan fingerprint density at radius 1 is 1.24 bits per heavy atom. The molecule has 1 N–H and O–H groups in total. The standard InChI is InChI=1S/C15H10F2N2O2/c16-15(17)21-10-4-1-3-9(7-10)13(20)12-8-19-14-11(12)5-2-6-18-14/h1-8,15H,(H,18,19). The number of ketones is 1. The summed E-state index contributed by atoms with van der Waals surface area (Å²) >= 11 is 0. The van der Waals surface area contributed by atoms with Gasteiger partial charge in [-0.3, -0.25) is 4.79 Å². The van der Waals surface area contributed by atoms with Crippen molar-refractivity contribution >= 4 is 16.8 Å². The maximum absolute atomic E-state index is 12.5. The van der Waals surface area contributed by atoms with E-state index in [2.05, 4.69) is 14.7 Å². The second-order valence-electron chi connectivity index (χ2n) is 4.34.